The maximum Gasteiger partial charge on any atom is 0.288 e. The first-order valence-corrected chi connectivity index (χ1v) is 7.02. The van der Waals surface area contributed by atoms with Gasteiger partial charge in [-0.3, -0.25) is 9.80 Å². The number of carbonyl (C=O) groups is 1. The van der Waals surface area contributed by atoms with Crippen molar-refractivity contribution in [2.75, 3.05) is 13.2 Å². The van der Waals surface area contributed by atoms with E-state index in [9.17, 15) is 4.79 Å². The van der Waals surface area contributed by atoms with Gasteiger partial charge in [0.05, 0.1) is 12.6 Å². The fraction of sp³-hybridized carbons (Fsp3) is 0.750. The lowest BCUT2D eigenvalue weighted by atomic mass is 10.1. The van der Waals surface area contributed by atoms with Gasteiger partial charge in [-0.25, -0.2) is 5.43 Å². The normalized spacial score (nSPS) is 30.2. The molecule has 20 heavy (non-hydrogen) atoms. The number of amides is 1. The van der Waals surface area contributed by atoms with E-state index in [1.165, 1.54) is 5.01 Å². The van der Waals surface area contributed by atoms with Gasteiger partial charge >= 0.3 is 0 Å². The number of nitrogens with one attached hydrogen (secondary N) is 1. The van der Waals surface area contributed by atoms with E-state index in [0.29, 0.717) is 0 Å². The molecule has 0 aromatic rings. The standard InChI is InChI=1S/C12H16Cl2N4O2/c1-7(4-15)18-10(19)8(5-16-18)17-20-6-9-11(2,3)12(9,13)14/h7,9,16H,5-6H2,1-3H3. The Morgan fingerprint density at radius 2 is 2.25 bits per heavy atom. The van der Waals surface area contributed by atoms with Gasteiger partial charge in [0.15, 0.2) is 5.71 Å². The van der Waals surface area contributed by atoms with E-state index in [2.05, 4.69) is 10.6 Å². The number of nitriles is 1. The Morgan fingerprint density at radius 3 is 2.75 bits per heavy atom. The predicted octanol–water partition coefficient (Wildman–Crippen LogP) is 1.45. The van der Waals surface area contributed by atoms with Crippen molar-refractivity contribution < 1.29 is 9.63 Å². The third-order valence-corrected chi connectivity index (χ3v) is 5.46. The SMILES string of the molecule is CC(C#N)N1NCC(=NOCC2C(C)(C)C2(Cl)Cl)C1=O. The van der Waals surface area contributed by atoms with E-state index in [-0.39, 0.29) is 36.1 Å². The second-order valence-corrected chi connectivity index (χ2v) is 6.93. The largest absolute Gasteiger partial charge is 0.395 e. The number of oxime groups is 1. The summed E-state index contributed by atoms with van der Waals surface area (Å²) < 4.78 is -0.813. The number of alkyl halides is 2. The van der Waals surface area contributed by atoms with E-state index in [1.807, 2.05) is 19.9 Å². The molecule has 110 valence electrons. The average molecular weight is 319 g/mol. The number of halogens is 2. The third kappa shape index (κ3) is 2.34. The molecule has 1 amide bonds. The average Bonchev–Trinajstić information content (AvgIpc) is 2.66. The van der Waals surface area contributed by atoms with Crippen LogP contribution in [0.15, 0.2) is 5.16 Å². The summed E-state index contributed by atoms with van der Waals surface area (Å²) in [6.45, 7) is 6.02. The van der Waals surface area contributed by atoms with Crippen molar-refractivity contribution >= 4 is 34.8 Å². The third-order valence-electron chi connectivity index (χ3n) is 3.96. The number of rotatable bonds is 4. The fourth-order valence-electron chi connectivity index (χ4n) is 2.15. The van der Waals surface area contributed by atoms with E-state index in [0.717, 1.165) is 0 Å². The molecule has 1 heterocycles. The van der Waals surface area contributed by atoms with Crippen molar-refractivity contribution in [3.8, 4) is 6.07 Å². The molecule has 1 aliphatic heterocycles. The zero-order valence-electron chi connectivity index (χ0n) is 11.5. The molecule has 1 N–H and O–H groups in total. The zero-order chi connectivity index (χ0) is 15.1. The first-order valence-electron chi connectivity index (χ1n) is 6.26. The minimum absolute atomic E-state index is 0.0266. The summed E-state index contributed by atoms with van der Waals surface area (Å²) in [5.74, 6) is -0.376. The van der Waals surface area contributed by atoms with Crippen LogP contribution in [-0.2, 0) is 9.63 Å². The van der Waals surface area contributed by atoms with Gasteiger partial charge in [-0.1, -0.05) is 19.0 Å². The first kappa shape index (κ1) is 15.4. The number of nitrogens with zero attached hydrogens (tertiary/aromatic N) is 3. The highest BCUT2D eigenvalue weighted by atomic mass is 35.5. The number of hydrazine groups is 1. The van der Waals surface area contributed by atoms with Crippen molar-refractivity contribution in [3.63, 3.8) is 0 Å². The molecule has 1 aliphatic carbocycles. The Morgan fingerprint density at radius 1 is 1.65 bits per heavy atom. The summed E-state index contributed by atoms with van der Waals surface area (Å²) in [6, 6.07) is 1.42. The van der Waals surface area contributed by atoms with E-state index in [1.54, 1.807) is 6.92 Å². The minimum atomic E-state index is -0.813. The van der Waals surface area contributed by atoms with Gasteiger partial charge < -0.3 is 4.84 Å². The van der Waals surface area contributed by atoms with Gasteiger partial charge in [0, 0.05) is 11.3 Å². The van der Waals surface area contributed by atoms with Crippen LogP contribution in [0.2, 0.25) is 0 Å². The summed E-state index contributed by atoms with van der Waals surface area (Å²) in [6.07, 6.45) is 0. The van der Waals surface area contributed by atoms with Gasteiger partial charge in [-0.2, -0.15) is 5.26 Å². The smallest absolute Gasteiger partial charge is 0.288 e. The molecule has 2 rings (SSSR count). The highest BCUT2D eigenvalue weighted by Crippen LogP contribution is 2.68. The lowest BCUT2D eigenvalue weighted by Gasteiger charge is -2.16. The maximum atomic E-state index is 11.9. The lowest BCUT2D eigenvalue weighted by Crippen LogP contribution is -2.41. The van der Waals surface area contributed by atoms with E-state index < -0.39 is 10.4 Å². The molecular formula is C12H16Cl2N4O2. The molecule has 1 saturated heterocycles. The van der Waals surface area contributed by atoms with Crippen molar-refractivity contribution in [2.24, 2.45) is 16.5 Å². The van der Waals surface area contributed by atoms with Gasteiger partial charge in [0.1, 0.15) is 17.0 Å². The summed E-state index contributed by atoms with van der Waals surface area (Å²) >= 11 is 12.2. The molecule has 2 fully saturated rings. The first-order chi connectivity index (χ1) is 9.23. The minimum Gasteiger partial charge on any atom is -0.395 e. The summed E-state index contributed by atoms with van der Waals surface area (Å²) in [5, 5.41) is 13.8. The van der Waals surface area contributed by atoms with Crippen LogP contribution in [0.3, 0.4) is 0 Å². The highest BCUT2D eigenvalue weighted by Gasteiger charge is 2.70. The quantitative estimate of drug-likeness (QED) is 0.628. The summed E-state index contributed by atoms with van der Waals surface area (Å²) in [4.78, 5) is 17.1. The molecule has 0 aromatic carbocycles. The van der Waals surface area contributed by atoms with Crippen molar-refractivity contribution in [1.29, 1.82) is 5.26 Å². The topological polar surface area (TPSA) is 77.7 Å². The second kappa shape index (κ2) is 5.06. The van der Waals surface area contributed by atoms with Crippen molar-refractivity contribution in [1.82, 2.24) is 10.4 Å². The van der Waals surface area contributed by atoms with Crippen LogP contribution in [-0.4, -0.2) is 40.2 Å². The molecule has 0 spiro atoms. The fourth-order valence-corrected chi connectivity index (χ4v) is 2.97. The molecule has 0 radical (unpaired) electrons. The van der Waals surface area contributed by atoms with Crippen LogP contribution in [0.25, 0.3) is 0 Å². The Labute approximate surface area is 127 Å². The Hall–Kier alpha value is -1.03. The monoisotopic (exact) mass is 318 g/mol. The lowest BCUT2D eigenvalue weighted by molar-refractivity contribution is -0.125. The molecule has 8 heteroatoms. The van der Waals surface area contributed by atoms with Gasteiger partial charge in [-0.15, -0.1) is 23.2 Å². The van der Waals surface area contributed by atoms with Crippen LogP contribution < -0.4 is 5.43 Å². The summed E-state index contributed by atoms with van der Waals surface area (Å²) in [7, 11) is 0. The second-order valence-electron chi connectivity index (χ2n) is 5.55. The Balaban J connectivity index is 1.89. The maximum absolute atomic E-state index is 11.9. The van der Waals surface area contributed by atoms with Gasteiger partial charge in [-0.05, 0) is 6.92 Å². The number of hydrogen-bond acceptors (Lipinski definition) is 5. The van der Waals surface area contributed by atoms with Crippen molar-refractivity contribution in [2.45, 2.75) is 31.1 Å². The van der Waals surface area contributed by atoms with Crippen LogP contribution in [0.1, 0.15) is 20.8 Å². The molecule has 0 aromatic heterocycles. The van der Waals surface area contributed by atoms with E-state index >= 15 is 0 Å². The zero-order valence-corrected chi connectivity index (χ0v) is 13.0. The molecule has 2 unspecified atom stereocenters. The summed E-state index contributed by atoms with van der Waals surface area (Å²) in [5.41, 5.74) is 2.80. The van der Waals surface area contributed by atoms with Crippen LogP contribution in [0.4, 0.5) is 0 Å². The van der Waals surface area contributed by atoms with Gasteiger partial charge in [0.2, 0.25) is 0 Å². The molecule has 2 aliphatic rings. The van der Waals surface area contributed by atoms with Crippen LogP contribution >= 0.6 is 23.2 Å². The molecule has 0 bridgehead atoms. The van der Waals surface area contributed by atoms with Gasteiger partial charge in [0.25, 0.3) is 5.91 Å². The predicted molar refractivity (Wildman–Crippen MR) is 75.0 cm³/mol. The molecule has 1 saturated carbocycles. The van der Waals surface area contributed by atoms with Crippen LogP contribution in [0, 0.1) is 22.7 Å². The molecule has 2 atom stereocenters. The van der Waals surface area contributed by atoms with E-state index in [4.69, 9.17) is 33.3 Å². The van der Waals surface area contributed by atoms with Crippen molar-refractivity contribution in [3.05, 3.63) is 0 Å². The molecule has 6 nitrogen and oxygen atoms in total. The Bertz CT molecular complexity index is 484. The van der Waals surface area contributed by atoms with Crippen LogP contribution in [0.5, 0.6) is 0 Å². The number of carbonyl (C=O) groups excluding carboxylic acids is 1. The molecular weight excluding hydrogens is 303 g/mol. The number of hydrogen-bond donors (Lipinski definition) is 1. The Kier molecular flexibility index (Phi) is 3.89. The highest BCUT2D eigenvalue weighted by molar-refractivity contribution is 6.51.